The van der Waals surface area contributed by atoms with Gasteiger partial charge >= 0.3 is 0 Å². The highest BCUT2D eigenvalue weighted by Crippen LogP contribution is 2.37. The van der Waals surface area contributed by atoms with E-state index in [1.54, 1.807) is 0 Å². The van der Waals surface area contributed by atoms with Gasteiger partial charge in [0.1, 0.15) is 0 Å². The van der Waals surface area contributed by atoms with Crippen LogP contribution < -0.4 is 16.0 Å². The molecule has 0 aliphatic rings. The summed E-state index contributed by atoms with van der Waals surface area (Å²) in [5.74, 6) is 0. The number of nitrogens with zero attached hydrogens (tertiary/aromatic N) is 1. The van der Waals surface area contributed by atoms with Crippen molar-refractivity contribution >= 4 is 34.9 Å². The number of benzene rings is 4. The van der Waals surface area contributed by atoms with Gasteiger partial charge in [0.05, 0.1) is 5.44 Å². The average Bonchev–Trinajstić information content (AvgIpc) is 3.08. The first-order valence-corrected chi connectivity index (χ1v) is 11.7. The van der Waals surface area contributed by atoms with Gasteiger partial charge in [-0.2, -0.15) is 0 Å². The first-order valence-electron chi connectivity index (χ1n) is 10.3. The van der Waals surface area contributed by atoms with E-state index in [4.69, 9.17) is 0 Å². The molecule has 1 heterocycles. The van der Waals surface area contributed by atoms with Crippen LogP contribution in [0.4, 0.5) is 0 Å². The predicted molar refractivity (Wildman–Crippen MR) is 131 cm³/mol. The highest BCUT2D eigenvalue weighted by Gasteiger charge is 2.25. The van der Waals surface area contributed by atoms with E-state index in [1.807, 2.05) is 0 Å². The first kappa shape index (κ1) is 18.9. The van der Waals surface area contributed by atoms with Crippen LogP contribution in [0.2, 0.25) is 0 Å². The lowest BCUT2D eigenvalue weighted by Crippen LogP contribution is -2.28. The summed E-state index contributed by atoms with van der Waals surface area (Å²) in [6.07, 6.45) is 0. The number of rotatable bonds is 5. The molecule has 0 N–H and O–H groups in total. The zero-order valence-electron chi connectivity index (χ0n) is 17.1. The van der Waals surface area contributed by atoms with Gasteiger partial charge in [0.2, 0.25) is 0 Å². The Labute approximate surface area is 179 Å². The molecule has 0 bridgehead atoms. The van der Waals surface area contributed by atoms with E-state index in [-0.39, 0.29) is 0 Å². The molecular formula is C28H24NP. The fourth-order valence-corrected chi connectivity index (χ4v) is 6.83. The molecule has 5 rings (SSSR count). The first-order chi connectivity index (χ1) is 14.8. The highest BCUT2D eigenvalue weighted by molar-refractivity contribution is 7.79. The summed E-state index contributed by atoms with van der Waals surface area (Å²) in [5.41, 5.74) is 5.47. The Balaban J connectivity index is 1.79. The van der Waals surface area contributed by atoms with Crippen molar-refractivity contribution in [3.63, 3.8) is 0 Å². The topological polar surface area (TPSA) is 4.93 Å². The second kappa shape index (κ2) is 8.30. The van der Waals surface area contributed by atoms with Gasteiger partial charge in [0, 0.05) is 25.4 Å². The van der Waals surface area contributed by atoms with Crippen LogP contribution in [-0.2, 0) is 6.54 Å². The molecule has 1 nitrogen and oxygen atoms in total. The molecule has 0 saturated carbocycles. The lowest BCUT2D eigenvalue weighted by atomic mass is 10.2. The molecule has 0 aliphatic carbocycles. The molecular weight excluding hydrogens is 381 g/mol. The molecule has 5 aromatic rings. The van der Waals surface area contributed by atoms with E-state index in [2.05, 4.69) is 127 Å². The van der Waals surface area contributed by atoms with Gasteiger partial charge in [0.15, 0.2) is 0 Å². The Kier molecular flexibility index (Phi) is 5.22. The van der Waals surface area contributed by atoms with Crippen LogP contribution in [0, 0.1) is 6.92 Å². The van der Waals surface area contributed by atoms with E-state index in [0.29, 0.717) is 0 Å². The molecule has 0 radical (unpaired) electrons. The Morgan fingerprint density at radius 1 is 0.600 bits per heavy atom. The van der Waals surface area contributed by atoms with E-state index in [0.717, 1.165) is 6.54 Å². The second-order valence-corrected chi connectivity index (χ2v) is 9.67. The largest absolute Gasteiger partial charge is 0.335 e. The van der Waals surface area contributed by atoms with E-state index >= 15 is 0 Å². The summed E-state index contributed by atoms with van der Waals surface area (Å²) in [6, 6.07) is 41.6. The standard InChI is InChI=1S/C28H24NP/c1-22-26-19-11-12-20-27(26)29(21-23-13-5-2-6-14-23)28(22)30(24-15-7-3-8-16-24)25-17-9-4-10-18-25/h2-20H,21H2,1H3. The molecule has 1 aromatic heterocycles. The number of fused-ring (bicyclic) bond motifs is 1. The molecule has 0 atom stereocenters. The lowest BCUT2D eigenvalue weighted by molar-refractivity contribution is 0.859. The zero-order chi connectivity index (χ0) is 20.3. The van der Waals surface area contributed by atoms with E-state index in [9.17, 15) is 0 Å². The Hall–Kier alpha value is -3.15. The fraction of sp³-hybridized carbons (Fsp3) is 0.0714. The maximum atomic E-state index is 2.55. The van der Waals surface area contributed by atoms with Crippen LogP contribution in [0.15, 0.2) is 115 Å². The van der Waals surface area contributed by atoms with Crippen molar-refractivity contribution in [3.05, 3.63) is 126 Å². The third kappa shape index (κ3) is 3.47. The third-order valence-electron chi connectivity index (χ3n) is 5.61. The fourth-order valence-electron chi connectivity index (χ4n) is 4.23. The van der Waals surface area contributed by atoms with Gasteiger partial charge in [-0.25, -0.2) is 0 Å². The summed E-state index contributed by atoms with van der Waals surface area (Å²) >= 11 is 0. The van der Waals surface area contributed by atoms with Crippen molar-refractivity contribution in [2.75, 3.05) is 0 Å². The molecule has 2 heteroatoms. The van der Waals surface area contributed by atoms with Crippen molar-refractivity contribution in [3.8, 4) is 0 Å². The molecule has 0 saturated heterocycles. The van der Waals surface area contributed by atoms with Crippen LogP contribution in [0.1, 0.15) is 11.1 Å². The van der Waals surface area contributed by atoms with Crippen molar-refractivity contribution in [2.45, 2.75) is 13.5 Å². The van der Waals surface area contributed by atoms with E-state index < -0.39 is 7.92 Å². The van der Waals surface area contributed by atoms with Gasteiger partial charge in [-0.3, -0.25) is 0 Å². The molecule has 4 aromatic carbocycles. The Bertz CT molecular complexity index is 1220. The van der Waals surface area contributed by atoms with Gasteiger partial charge in [-0.05, 0) is 34.7 Å². The van der Waals surface area contributed by atoms with Crippen molar-refractivity contribution in [1.29, 1.82) is 0 Å². The van der Waals surface area contributed by atoms with Gasteiger partial charge in [0.25, 0.3) is 0 Å². The molecule has 0 spiro atoms. The Morgan fingerprint density at radius 2 is 1.10 bits per heavy atom. The number of hydrogen-bond acceptors (Lipinski definition) is 0. The van der Waals surface area contributed by atoms with Crippen LogP contribution in [-0.4, -0.2) is 4.57 Å². The summed E-state index contributed by atoms with van der Waals surface area (Å²) in [5, 5.41) is 4.13. The quantitative estimate of drug-likeness (QED) is 0.328. The summed E-state index contributed by atoms with van der Waals surface area (Å²) in [4.78, 5) is 0. The lowest BCUT2D eigenvalue weighted by Gasteiger charge is -2.23. The second-order valence-electron chi connectivity index (χ2n) is 7.54. The monoisotopic (exact) mass is 405 g/mol. The SMILES string of the molecule is Cc1c(P(c2ccccc2)c2ccccc2)n(Cc2ccccc2)c2ccccc12. The van der Waals surface area contributed by atoms with Gasteiger partial charge < -0.3 is 4.57 Å². The minimum atomic E-state index is -0.668. The van der Waals surface area contributed by atoms with Crippen LogP contribution in [0.5, 0.6) is 0 Å². The predicted octanol–water partition coefficient (Wildman–Crippen LogP) is 5.76. The number of para-hydroxylation sites is 1. The smallest absolute Gasteiger partial charge is 0.0545 e. The number of aromatic nitrogens is 1. The van der Waals surface area contributed by atoms with Crippen molar-refractivity contribution in [1.82, 2.24) is 4.57 Å². The minimum absolute atomic E-state index is 0.668. The molecule has 0 unspecified atom stereocenters. The van der Waals surface area contributed by atoms with E-state index in [1.165, 1.54) is 38.1 Å². The summed E-state index contributed by atoms with van der Waals surface area (Å²) < 4.78 is 2.55. The highest BCUT2D eigenvalue weighted by atomic mass is 31.1. The normalized spacial score (nSPS) is 11.3. The van der Waals surface area contributed by atoms with Gasteiger partial charge in [-0.15, -0.1) is 0 Å². The molecule has 146 valence electrons. The zero-order valence-corrected chi connectivity index (χ0v) is 18.0. The molecule has 0 fully saturated rings. The summed E-state index contributed by atoms with van der Waals surface area (Å²) in [6.45, 7) is 3.17. The third-order valence-corrected chi connectivity index (χ3v) is 8.24. The maximum Gasteiger partial charge on any atom is 0.0545 e. The molecule has 30 heavy (non-hydrogen) atoms. The minimum Gasteiger partial charge on any atom is -0.335 e. The molecule has 0 aliphatic heterocycles. The van der Waals surface area contributed by atoms with Gasteiger partial charge in [-0.1, -0.05) is 109 Å². The van der Waals surface area contributed by atoms with Crippen LogP contribution >= 0.6 is 7.92 Å². The number of aryl methyl sites for hydroxylation is 1. The molecule has 0 amide bonds. The van der Waals surface area contributed by atoms with Crippen molar-refractivity contribution < 1.29 is 0 Å². The average molecular weight is 405 g/mol. The van der Waals surface area contributed by atoms with Crippen molar-refractivity contribution in [2.24, 2.45) is 0 Å². The summed E-state index contributed by atoms with van der Waals surface area (Å²) in [7, 11) is -0.668. The van der Waals surface area contributed by atoms with Crippen LogP contribution in [0.3, 0.4) is 0 Å². The Morgan fingerprint density at radius 3 is 1.70 bits per heavy atom. The maximum absolute atomic E-state index is 2.55. The number of hydrogen-bond donors (Lipinski definition) is 0. The van der Waals surface area contributed by atoms with Crippen LogP contribution in [0.25, 0.3) is 10.9 Å².